The van der Waals surface area contributed by atoms with Gasteiger partial charge in [0.25, 0.3) is 0 Å². The van der Waals surface area contributed by atoms with Crippen molar-refractivity contribution in [1.82, 2.24) is 5.32 Å². The summed E-state index contributed by atoms with van der Waals surface area (Å²) in [6.45, 7) is 11.4. The zero-order chi connectivity index (χ0) is 14.7. The molecule has 0 aliphatic carbocycles. The molecule has 0 aromatic carbocycles. The molecule has 0 unspecified atom stereocenters. The molecule has 0 saturated carbocycles. The summed E-state index contributed by atoms with van der Waals surface area (Å²) in [6, 6.07) is 2.21. The summed E-state index contributed by atoms with van der Waals surface area (Å²) in [7, 11) is 0. The van der Waals surface area contributed by atoms with Gasteiger partial charge in [0.1, 0.15) is 5.41 Å². The maximum absolute atomic E-state index is 12.5. The third-order valence-electron chi connectivity index (χ3n) is 3.42. The van der Waals surface area contributed by atoms with E-state index in [9.17, 15) is 10.1 Å². The molecule has 0 aromatic heterocycles. The van der Waals surface area contributed by atoms with Crippen molar-refractivity contribution in [2.45, 2.75) is 59.4 Å². The van der Waals surface area contributed by atoms with Crippen molar-refractivity contribution < 1.29 is 9.53 Å². The highest BCUT2D eigenvalue weighted by Crippen LogP contribution is 2.32. The van der Waals surface area contributed by atoms with Crippen LogP contribution in [-0.2, 0) is 9.53 Å². The molecule has 1 saturated heterocycles. The van der Waals surface area contributed by atoms with E-state index in [0.29, 0.717) is 26.1 Å². The molecule has 19 heavy (non-hydrogen) atoms. The van der Waals surface area contributed by atoms with Crippen LogP contribution in [0.3, 0.4) is 0 Å². The predicted molar refractivity (Wildman–Crippen MR) is 74.4 cm³/mol. The van der Waals surface area contributed by atoms with E-state index in [1.54, 1.807) is 0 Å². The summed E-state index contributed by atoms with van der Waals surface area (Å²) < 4.78 is 5.26. The van der Waals surface area contributed by atoms with Crippen LogP contribution in [0.15, 0.2) is 0 Å². The van der Waals surface area contributed by atoms with E-state index in [-0.39, 0.29) is 16.9 Å². The Morgan fingerprint density at radius 2 is 1.79 bits per heavy atom. The zero-order valence-electron chi connectivity index (χ0n) is 12.8. The number of nitrogens with one attached hydrogen (secondary N) is 1. The first-order valence-electron chi connectivity index (χ1n) is 6.92. The van der Waals surface area contributed by atoms with Gasteiger partial charge in [0.05, 0.1) is 6.07 Å². The van der Waals surface area contributed by atoms with E-state index in [1.165, 1.54) is 0 Å². The molecule has 108 valence electrons. The number of ether oxygens (including phenoxy) is 1. The van der Waals surface area contributed by atoms with E-state index in [1.807, 2.05) is 13.8 Å². The van der Waals surface area contributed by atoms with Gasteiger partial charge < -0.3 is 10.1 Å². The smallest absolute Gasteiger partial charge is 0.241 e. The first-order valence-corrected chi connectivity index (χ1v) is 6.92. The topological polar surface area (TPSA) is 62.1 Å². The lowest BCUT2D eigenvalue weighted by Crippen LogP contribution is -2.53. The van der Waals surface area contributed by atoms with Gasteiger partial charge in [-0.2, -0.15) is 5.26 Å². The fourth-order valence-corrected chi connectivity index (χ4v) is 2.91. The van der Waals surface area contributed by atoms with Crippen molar-refractivity contribution in [2.75, 3.05) is 13.2 Å². The molecule has 1 fully saturated rings. The Bertz CT molecular complexity index is 369. The Morgan fingerprint density at radius 1 is 1.26 bits per heavy atom. The van der Waals surface area contributed by atoms with Crippen molar-refractivity contribution in [3.05, 3.63) is 0 Å². The molecular formula is C15H26N2O2. The monoisotopic (exact) mass is 266 g/mol. The summed E-state index contributed by atoms with van der Waals surface area (Å²) in [5.41, 5.74) is -1.09. The van der Waals surface area contributed by atoms with E-state index in [2.05, 4.69) is 32.2 Å². The number of hydrogen-bond acceptors (Lipinski definition) is 3. The third kappa shape index (κ3) is 4.50. The van der Waals surface area contributed by atoms with Crippen LogP contribution in [0.5, 0.6) is 0 Å². The fourth-order valence-electron chi connectivity index (χ4n) is 2.91. The van der Waals surface area contributed by atoms with Crippen molar-refractivity contribution in [3.63, 3.8) is 0 Å². The number of carbonyl (C=O) groups is 1. The van der Waals surface area contributed by atoms with Gasteiger partial charge in [-0.1, -0.05) is 20.8 Å². The highest BCUT2D eigenvalue weighted by atomic mass is 16.5. The van der Waals surface area contributed by atoms with Gasteiger partial charge >= 0.3 is 0 Å². The van der Waals surface area contributed by atoms with Gasteiger partial charge in [0.2, 0.25) is 5.91 Å². The van der Waals surface area contributed by atoms with Crippen LogP contribution in [0.1, 0.15) is 53.9 Å². The SMILES string of the molecule is CC(C)(C)CC(C)(C)NC(=O)C1(C#N)CCOCC1. The van der Waals surface area contributed by atoms with Crippen molar-refractivity contribution in [2.24, 2.45) is 10.8 Å². The summed E-state index contributed by atoms with van der Waals surface area (Å²) in [6.07, 6.45) is 1.84. The molecule has 0 spiro atoms. The minimum Gasteiger partial charge on any atom is -0.381 e. The quantitative estimate of drug-likeness (QED) is 0.854. The molecule has 0 bridgehead atoms. The number of amides is 1. The second-order valence-corrected chi connectivity index (χ2v) is 7.38. The molecule has 1 N–H and O–H groups in total. The first kappa shape index (κ1) is 16.0. The van der Waals surface area contributed by atoms with Gasteiger partial charge in [-0.05, 0) is 38.5 Å². The van der Waals surface area contributed by atoms with Gasteiger partial charge in [-0.3, -0.25) is 4.79 Å². The minimum atomic E-state index is -0.909. The molecular weight excluding hydrogens is 240 g/mol. The van der Waals surface area contributed by atoms with Crippen LogP contribution in [0, 0.1) is 22.2 Å². The highest BCUT2D eigenvalue weighted by Gasteiger charge is 2.42. The van der Waals surface area contributed by atoms with E-state index >= 15 is 0 Å². The largest absolute Gasteiger partial charge is 0.381 e. The summed E-state index contributed by atoms with van der Waals surface area (Å²) in [5.74, 6) is -0.146. The maximum Gasteiger partial charge on any atom is 0.241 e. The first-order chi connectivity index (χ1) is 8.60. The van der Waals surface area contributed by atoms with Gasteiger partial charge in [0, 0.05) is 18.8 Å². The zero-order valence-corrected chi connectivity index (χ0v) is 12.8. The molecule has 1 aliphatic rings. The number of hydrogen-bond donors (Lipinski definition) is 1. The van der Waals surface area contributed by atoms with Crippen molar-refractivity contribution in [1.29, 1.82) is 5.26 Å². The second-order valence-electron chi connectivity index (χ2n) is 7.38. The Labute approximate surface area is 116 Å². The number of nitrogens with zero attached hydrogens (tertiary/aromatic N) is 1. The average molecular weight is 266 g/mol. The number of carbonyl (C=O) groups excluding carboxylic acids is 1. The van der Waals surface area contributed by atoms with Crippen LogP contribution in [0.25, 0.3) is 0 Å². The molecule has 1 heterocycles. The lowest BCUT2D eigenvalue weighted by Gasteiger charge is -2.37. The molecule has 4 heteroatoms. The number of nitriles is 1. The molecule has 1 rings (SSSR count). The summed E-state index contributed by atoms with van der Waals surface area (Å²) in [4.78, 5) is 12.5. The van der Waals surface area contributed by atoms with Crippen LogP contribution < -0.4 is 5.32 Å². The average Bonchev–Trinajstić information content (AvgIpc) is 2.25. The van der Waals surface area contributed by atoms with Gasteiger partial charge in [-0.15, -0.1) is 0 Å². The maximum atomic E-state index is 12.5. The van der Waals surface area contributed by atoms with Crippen LogP contribution in [0.4, 0.5) is 0 Å². The van der Waals surface area contributed by atoms with Crippen molar-refractivity contribution >= 4 is 5.91 Å². The van der Waals surface area contributed by atoms with Crippen LogP contribution in [0.2, 0.25) is 0 Å². The lowest BCUT2D eigenvalue weighted by molar-refractivity contribution is -0.134. The lowest BCUT2D eigenvalue weighted by atomic mass is 9.78. The number of rotatable bonds is 3. The fraction of sp³-hybridized carbons (Fsp3) is 0.867. The summed E-state index contributed by atoms with van der Waals surface area (Å²) >= 11 is 0. The highest BCUT2D eigenvalue weighted by molar-refractivity contribution is 5.86. The van der Waals surface area contributed by atoms with E-state index in [4.69, 9.17) is 4.74 Å². The Kier molecular flexibility index (Phi) is 4.63. The van der Waals surface area contributed by atoms with Gasteiger partial charge in [-0.25, -0.2) is 0 Å². The Hall–Kier alpha value is -1.08. The Morgan fingerprint density at radius 3 is 2.21 bits per heavy atom. The Balaban J connectivity index is 2.75. The van der Waals surface area contributed by atoms with Crippen LogP contribution >= 0.6 is 0 Å². The second kappa shape index (κ2) is 5.50. The molecule has 4 nitrogen and oxygen atoms in total. The van der Waals surface area contributed by atoms with Crippen LogP contribution in [-0.4, -0.2) is 24.7 Å². The van der Waals surface area contributed by atoms with E-state index < -0.39 is 5.41 Å². The summed E-state index contributed by atoms with van der Waals surface area (Å²) in [5, 5.41) is 12.4. The van der Waals surface area contributed by atoms with Crippen molar-refractivity contribution in [3.8, 4) is 6.07 Å². The third-order valence-corrected chi connectivity index (χ3v) is 3.42. The molecule has 0 atom stereocenters. The van der Waals surface area contributed by atoms with Gasteiger partial charge in [0.15, 0.2) is 0 Å². The molecule has 1 aliphatic heterocycles. The molecule has 0 radical (unpaired) electrons. The minimum absolute atomic E-state index is 0.131. The van der Waals surface area contributed by atoms with E-state index in [0.717, 1.165) is 6.42 Å². The molecule has 0 aromatic rings. The normalized spacial score (nSPS) is 19.6. The standard InChI is InChI=1S/C15H26N2O2/c1-13(2,3)10-14(4,5)17-12(18)15(11-16)6-8-19-9-7-15/h6-10H2,1-5H3,(H,17,18). The predicted octanol–water partition coefficient (Wildman–Crippen LogP) is 2.64. The molecule has 1 amide bonds.